The fourth-order valence-corrected chi connectivity index (χ4v) is 1.72. The number of aliphatic carboxylic acids is 1. The van der Waals surface area contributed by atoms with E-state index in [1.807, 2.05) is 0 Å². The molecule has 0 saturated heterocycles. The van der Waals surface area contributed by atoms with Gasteiger partial charge in [0.05, 0.1) is 6.54 Å². The van der Waals surface area contributed by atoms with Crippen molar-refractivity contribution in [1.82, 2.24) is 5.32 Å². The minimum Gasteiger partial charge on any atom is -0.480 e. The van der Waals surface area contributed by atoms with Gasteiger partial charge in [0.1, 0.15) is 11.4 Å². The van der Waals surface area contributed by atoms with Crippen LogP contribution in [0.1, 0.15) is 18.9 Å². The fraction of sp³-hybridized carbons (Fsp3) is 0.308. The second-order valence-electron chi connectivity index (χ2n) is 3.63. The molecule has 1 unspecified atom stereocenters. The lowest BCUT2D eigenvalue weighted by atomic mass is 9.87. The van der Waals surface area contributed by atoms with Crippen molar-refractivity contribution in [3.05, 3.63) is 35.6 Å². The lowest BCUT2D eigenvalue weighted by Crippen LogP contribution is -2.49. The first kappa shape index (κ1) is 13.2. The maximum absolute atomic E-state index is 12.8. The predicted molar refractivity (Wildman–Crippen MR) is 62.8 cm³/mol. The van der Waals surface area contributed by atoms with Crippen LogP contribution in [0.2, 0.25) is 0 Å². The number of carbonyl (C=O) groups is 1. The van der Waals surface area contributed by atoms with Gasteiger partial charge in [-0.3, -0.25) is 5.32 Å². The first-order valence-corrected chi connectivity index (χ1v) is 5.24. The van der Waals surface area contributed by atoms with E-state index in [0.717, 1.165) is 0 Å². The number of halogens is 1. The Hall–Kier alpha value is -1.86. The normalized spacial score (nSPS) is 13.7. The van der Waals surface area contributed by atoms with Crippen LogP contribution in [0.25, 0.3) is 0 Å². The highest BCUT2D eigenvalue weighted by Gasteiger charge is 2.37. The Kier molecular flexibility index (Phi) is 4.24. The van der Waals surface area contributed by atoms with Gasteiger partial charge in [-0.2, -0.15) is 0 Å². The van der Waals surface area contributed by atoms with E-state index in [0.29, 0.717) is 12.0 Å². The van der Waals surface area contributed by atoms with Gasteiger partial charge < -0.3 is 5.11 Å². The second-order valence-corrected chi connectivity index (χ2v) is 3.63. The molecule has 0 fully saturated rings. The number of benzene rings is 1. The van der Waals surface area contributed by atoms with Crippen molar-refractivity contribution in [3.63, 3.8) is 0 Å². The maximum Gasteiger partial charge on any atom is 0.328 e. The molecule has 0 radical (unpaired) electrons. The minimum absolute atomic E-state index is 0.136. The van der Waals surface area contributed by atoms with Crippen molar-refractivity contribution in [2.24, 2.45) is 0 Å². The fourth-order valence-electron chi connectivity index (χ4n) is 1.72. The largest absolute Gasteiger partial charge is 0.480 e. The Morgan fingerprint density at radius 3 is 2.53 bits per heavy atom. The number of nitrogens with one attached hydrogen (secondary N) is 1. The molecule has 4 heteroatoms. The van der Waals surface area contributed by atoms with Gasteiger partial charge in [-0.05, 0) is 24.1 Å². The monoisotopic (exact) mass is 235 g/mol. The van der Waals surface area contributed by atoms with Gasteiger partial charge in [-0.25, -0.2) is 9.18 Å². The third kappa shape index (κ3) is 2.63. The summed E-state index contributed by atoms with van der Waals surface area (Å²) < 4.78 is 12.8. The van der Waals surface area contributed by atoms with E-state index in [2.05, 4.69) is 11.2 Å². The summed E-state index contributed by atoms with van der Waals surface area (Å²) in [5.74, 6) is 0.917. The van der Waals surface area contributed by atoms with Crippen molar-refractivity contribution in [1.29, 1.82) is 0 Å². The molecule has 17 heavy (non-hydrogen) atoms. The number of carboxylic acids is 1. The molecule has 90 valence electrons. The summed E-state index contributed by atoms with van der Waals surface area (Å²) in [6, 6.07) is 5.38. The molecular weight excluding hydrogens is 221 g/mol. The van der Waals surface area contributed by atoms with Gasteiger partial charge in [-0.15, -0.1) is 6.42 Å². The van der Waals surface area contributed by atoms with Crippen molar-refractivity contribution in [3.8, 4) is 12.3 Å². The lowest BCUT2D eigenvalue weighted by Gasteiger charge is -2.29. The van der Waals surface area contributed by atoms with Gasteiger partial charge in [0.25, 0.3) is 0 Å². The third-order valence-electron chi connectivity index (χ3n) is 2.72. The van der Waals surface area contributed by atoms with Crippen LogP contribution < -0.4 is 5.32 Å². The maximum atomic E-state index is 12.8. The molecule has 0 spiro atoms. The summed E-state index contributed by atoms with van der Waals surface area (Å²) in [5.41, 5.74) is -0.774. The quantitative estimate of drug-likeness (QED) is 0.764. The Morgan fingerprint density at radius 1 is 1.53 bits per heavy atom. The molecule has 0 bridgehead atoms. The van der Waals surface area contributed by atoms with Crippen LogP contribution in [0.5, 0.6) is 0 Å². The van der Waals surface area contributed by atoms with Crippen LogP contribution in [0.3, 0.4) is 0 Å². The van der Waals surface area contributed by atoms with Crippen molar-refractivity contribution in [2.45, 2.75) is 18.9 Å². The Balaban J connectivity index is 3.17. The Morgan fingerprint density at radius 2 is 2.12 bits per heavy atom. The molecule has 1 aromatic rings. The van der Waals surface area contributed by atoms with Crippen molar-refractivity contribution in [2.75, 3.05) is 6.54 Å². The van der Waals surface area contributed by atoms with Crippen LogP contribution >= 0.6 is 0 Å². The standard InChI is InChI=1S/C13H14FNO2/c1-3-9-15-13(4-2,12(16)17)10-5-7-11(14)8-6-10/h1,5-8,15H,4,9H2,2H3,(H,16,17). The number of rotatable bonds is 5. The number of hydrogen-bond acceptors (Lipinski definition) is 2. The lowest BCUT2D eigenvalue weighted by molar-refractivity contribution is -0.145. The van der Waals surface area contributed by atoms with E-state index in [1.165, 1.54) is 24.3 Å². The number of hydrogen-bond donors (Lipinski definition) is 2. The van der Waals surface area contributed by atoms with E-state index >= 15 is 0 Å². The van der Waals surface area contributed by atoms with Crippen LogP contribution in [0.4, 0.5) is 4.39 Å². The number of terminal acetylenes is 1. The van der Waals surface area contributed by atoms with Crippen LogP contribution in [0.15, 0.2) is 24.3 Å². The molecule has 0 aromatic heterocycles. The number of carboxylic acid groups (broad SMARTS) is 1. The zero-order valence-corrected chi connectivity index (χ0v) is 9.53. The SMILES string of the molecule is C#CCNC(CC)(C(=O)O)c1ccc(F)cc1. The highest BCUT2D eigenvalue weighted by molar-refractivity contribution is 5.80. The molecular formula is C13H14FNO2. The highest BCUT2D eigenvalue weighted by atomic mass is 19.1. The van der Waals surface area contributed by atoms with E-state index in [9.17, 15) is 14.3 Å². The first-order chi connectivity index (χ1) is 8.06. The Labute approximate surface area is 99.7 Å². The smallest absolute Gasteiger partial charge is 0.328 e. The van der Waals surface area contributed by atoms with E-state index in [1.54, 1.807) is 6.92 Å². The molecule has 0 amide bonds. The summed E-state index contributed by atoms with van der Waals surface area (Å²) in [4.78, 5) is 11.4. The van der Waals surface area contributed by atoms with Crippen LogP contribution in [-0.4, -0.2) is 17.6 Å². The van der Waals surface area contributed by atoms with Crippen molar-refractivity contribution >= 4 is 5.97 Å². The topological polar surface area (TPSA) is 49.3 Å². The average molecular weight is 235 g/mol. The van der Waals surface area contributed by atoms with E-state index in [-0.39, 0.29) is 6.54 Å². The van der Waals surface area contributed by atoms with E-state index < -0.39 is 17.3 Å². The van der Waals surface area contributed by atoms with Gasteiger partial charge in [-0.1, -0.05) is 25.0 Å². The molecule has 2 N–H and O–H groups in total. The summed E-state index contributed by atoms with van der Waals surface area (Å²) in [5, 5.41) is 12.2. The first-order valence-electron chi connectivity index (χ1n) is 5.24. The minimum atomic E-state index is -1.26. The Bertz CT molecular complexity index is 436. The van der Waals surface area contributed by atoms with Gasteiger partial charge in [0.15, 0.2) is 0 Å². The summed E-state index contributed by atoms with van der Waals surface area (Å²) in [6.07, 6.45) is 5.44. The molecule has 0 saturated carbocycles. The second kappa shape index (κ2) is 5.46. The van der Waals surface area contributed by atoms with E-state index in [4.69, 9.17) is 6.42 Å². The molecule has 3 nitrogen and oxygen atoms in total. The molecule has 0 aliphatic rings. The van der Waals surface area contributed by atoms with Crippen LogP contribution in [-0.2, 0) is 10.3 Å². The molecule has 0 aliphatic carbocycles. The molecule has 0 heterocycles. The van der Waals surface area contributed by atoms with Gasteiger partial charge >= 0.3 is 5.97 Å². The van der Waals surface area contributed by atoms with Crippen LogP contribution in [0, 0.1) is 18.2 Å². The summed E-state index contributed by atoms with van der Waals surface area (Å²) in [7, 11) is 0. The average Bonchev–Trinajstić information content (AvgIpc) is 2.32. The molecule has 0 aliphatic heterocycles. The van der Waals surface area contributed by atoms with Gasteiger partial charge in [0, 0.05) is 0 Å². The third-order valence-corrected chi connectivity index (χ3v) is 2.72. The summed E-state index contributed by atoms with van der Waals surface area (Å²) in [6.45, 7) is 1.87. The summed E-state index contributed by atoms with van der Waals surface area (Å²) >= 11 is 0. The molecule has 1 aromatic carbocycles. The van der Waals surface area contributed by atoms with Gasteiger partial charge in [0.2, 0.25) is 0 Å². The highest BCUT2D eigenvalue weighted by Crippen LogP contribution is 2.25. The predicted octanol–water partition coefficient (Wildman–Crippen LogP) is 1.74. The zero-order chi connectivity index (χ0) is 12.9. The zero-order valence-electron chi connectivity index (χ0n) is 9.53. The van der Waals surface area contributed by atoms with Crippen molar-refractivity contribution < 1.29 is 14.3 Å². The molecule has 1 atom stereocenters. The molecule has 1 rings (SSSR count).